The Kier molecular flexibility index (Phi) is 4.67. The number of piperidine rings is 1. The number of carbonyl (C=O) groups excluding carboxylic acids is 1. The first-order valence-corrected chi connectivity index (χ1v) is 13.6. The highest BCUT2D eigenvalue weighted by Gasteiger charge is 2.52. The van der Waals surface area contributed by atoms with Gasteiger partial charge in [0, 0.05) is 42.0 Å². The van der Waals surface area contributed by atoms with Crippen molar-refractivity contribution in [3.8, 4) is 11.3 Å². The van der Waals surface area contributed by atoms with Crippen LogP contribution in [0.3, 0.4) is 0 Å². The summed E-state index contributed by atoms with van der Waals surface area (Å²) in [6, 6.07) is 10.3. The Morgan fingerprint density at radius 2 is 1.86 bits per heavy atom. The van der Waals surface area contributed by atoms with Crippen molar-refractivity contribution < 1.29 is 4.79 Å². The minimum Gasteiger partial charge on any atom is -0.382 e. The minimum atomic E-state index is -0.516. The zero-order valence-electron chi connectivity index (χ0n) is 21.7. The van der Waals surface area contributed by atoms with Gasteiger partial charge < -0.3 is 15.2 Å². The van der Waals surface area contributed by atoms with E-state index in [0.717, 1.165) is 58.3 Å². The Hall–Kier alpha value is -2.93. The number of nitrogens with zero attached hydrogens (tertiary/aromatic N) is 5. The average Bonchev–Trinajstić information content (AvgIpc) is 3.58. The van der Waals surface area contributed by atoms with Crippen molar-refractivity contribution in [3.05, 3.63) is 36.2 Å². The molecule has 1 saturated heterocycles. The van der Waals surface area contributed by atoms with E-state index >= 15 is 0 Å². The molecule has 2 N–H and O–H groups in total. The highest BCUT2D eigenvalue weighted by Crippen LogP contribution is 2.49. The summed E-state index contributed by atoms with van der Waals surface area (Å²) in [5, 5.41) is 0. The van der Waals surface area contributed by atoms with Crippen LogP contribution in [0.25, 0.3) is 22.3 Å². The lowest BCUT2D eigenvalue weighted by Crippen LogP contribution is -2.57. The summed E-state index contributed by atoms with van der Waals surface area (Å²) in [4.78, 5) is 27.9. The first kappa shape index (κ1) is 22.3. The molecule has 1 amide bonds. The van der Waals surface area contributed by atoms with Gasteiger partial charge in [-0.05, 0) is 83.4 Å². The highest BCUT2D eigenvalue weighted by atomic mass is 16.2. The second-order valence-corrected chi connectivity index (χ2v) is 12.3. The van der Waals surface area contributed by atoms with Crippen LogP contribution in [-0.2, 0) is 10.2 Å². The van der Waals surface area contributed by atoms with Crippen LogP contribution < -0.4 is 10.6 Å². The van der Waals surface area contributed by atoms with Gasteiger partial charge in [-0.2, -0.15) is 0 Å². The molecular weight excluding hydrogens is 448 g/mol. The van der Waals surface area contributed by atoms with Gasteiger partial charge in [0.1, 0.15) is 11.3 Å². The Balaban J connectivity index is 1.21. The number of nitrogens with two attached hydrogens (primary N) is 1. The van der Waals surface area contributed by atoms with Crippen LogP contribution in [0, 0.1) is 5.92 Å². The number of imidazole rings is 1. The third-order valence-corrected chi connectivity index (χ3v) is 9.49. The zero-order chi connectivity index (χ0) is 24.9. The van der Waals surface area contributed by atoms with E-state index in [0.29, 0.717) is 11.9 Å². The van der Waals surface area contributed by atoms with Gasteiger partial charge in [0.15, 0.2) is 0 Å². The lowest BCUT2D eigenvalue weighted by Gasteiger charge is -2.48. The summed E-state index contributed by atoms with van der Waals surface area (Å²) in [7, 11) is 0. The molecule has 2 bridgehead atoms. The van der Waals surface area contributed by atoms with Crippen LogP contribution >= 0.6 is 0 Å². The molecule has 36 heavy (non-hydrogen) atoms. The molecule has 3 aromatic rings. The molecule has 7 nitrogen and oxygen atoms in total. The fourth-order valence-electron chi connectivity index (χ4n) is 7.39. The molecule has 4 heterocycles. The monoisotopic (exact) mass is 484 g/mol. The first-order valence-electron chi connectivity index (χ1n) is 13.6. The molecule has 4 aliphatic rings. The lowest BCUT2D eigenvalue weighted by molar-refractivity contribution is -0.123. The van der Waals surface area contributed by atoms with E-state index in [4.69, 9.17) is 10.7 Å². The maximum Gasteiger partial charge on any atom is 0.237 e. The standard InChI is InChI=1S/C29H36N6O/c1-16(2)34-15-31-24-13-23(32-27(30)26(24)34)18-6-8-22-25(10-18)35(28(36)29(22,3)4)21-11-20(12-21)33-14-17-5-7-19(33)9-17/h6,8,10,13,15-17,19-21H,5,7,9,11-12,14H2,1-4H3,(H2,30,32)/t17-,19+,20-,21+/m0/s1. The number of nitrogen functional groups attached to an aromatic ring is 1. The van der Waals surface area contributed by atoms with E-state index in [9.17, 15) is 4.79 Å². The molecule has 2 saturated carbocycles. The number of likely N-dealkylation sites (tertiary alicyclic amines) is 1. The van der Waals surface area contributed by atoms with Gasteiger partial charge in [0.2, 0.25) is 5.91 Å². The number of fused-ring (bicyclic) bond motifs is 4. The van der Waals surface area contributed by atoms with Crippen LogP contribution in [0.1, 0.15) is 71.4 Å². The van der Waals surface area contributed by atoms with E-state index in [1.807, 2.05) is 12.4 Å². The zero-order valence-corrected chi connectivity index (χ0v) is 21.7. The number of benzene rings is 1. The second kappa shape index (κ2) is 7.54. The normalized spacial score (nSPS) is 28.9. The van der Waals surface area contributed by atoms with Crippen LogP contribution in [0.4, 0.5) is 11.5 Å². The van der Waals surface area contributed by atoms with E-state index in [2.05, 4.69) is 65.2 Å². The third kappa shape index (κ3) is 3.04. The predicted molar refractivity (Wildman–Crippen MR) is 143 cm³/mol. The summed E-state index contributed by atoms with van der Waals surface area (Å²) in [5.74, 6) is 1.62. The van der Waals surface area contributed by atoms with Gasteiger partial charge in [0.25, 0.3) is 0 Å². The van der Waals surface area contributed by atoms with Gasteiger partial charge in [0.05, 0.1) is 23.0 Å². The van der Waals surface area contributed by atoms with E-state index in [1.54, 1.807) is 0 Å². The van der Waals surface area contributed by atoms with Gasteiger partial charge >= 0.3 is 0 Å². The largest absolute Gasteiger partial charge is 0.382 e. The van der Waals surface area contributed by atoms with Crippen molar-refractivity contribution in [2.45, 2.75) is 89.4 Å². The Bertz CT molecular complexity index is 1380. The summed E-state index contributed by atoms with van der Waals surface area (Å²) < 4.78 is 2.06. The Morgan fingerprint density at radius 1 is 1.06 bits per heavy atom. The van der Waals surface area contributed by atoms with Crippen molar-refractivity contribution in [2.24, 2.45) is 5.92 Å². The molecule has 2 aliphatic carbocycles. The number of amides is 1. The summed E-state index contributed by atoms with van der Waals surface area (Å²) >= 11 is 0. The molecule has 188 valence electrons. The molecule has 2 aliphatic heterocycles. The molecule has 0 unspecified atom stereocenters. The van der Waals surface area contributed by atoms with Crippen molar-refractivity contribution >= 4 is 28.4 Å². The van der Waals surface area contributed by atoms with Crippen LogP contribution in [-0.4, -0.2) is 50.0 Å². The van der Waals surface area contributed by atoms with Crippen molar-refractivity contribution in [3.63, 3.8) is 0 Å². The molecule has 3 fully saturated rings. The third-order valence-electron chi connectivity index (χ3n) is 9.49. The summed E-state index contributed by atoms with van der Waals surface area (Å²) in [6.45, 7) is 9.61. The van der Waals surface area contributed by atoms with Crippen LogP contribution in [0.5, 0.6) is 0 Å². The second-order valence-electron chi connectivity index (χ2n) is 12.3. The average molecular weight is 485 g/mol. The SMILES string of the molecule is CC(C)n1cnc2cc(-c3ccc4c(c3)N([C@H]3C[C@@H](N5C[C@H]6CC[C@@H]5C6)C3)C(=O)C4(C)C)nc(N)c21. The number of anilines is 2. The summed E-state index contributed by atoms with van der Waals surface area (Å²) in [6.07, 6.45) is 8.16. The molecule has 7 rings (SSSR count). The van der Waals surface area contributed by atoms with Gasteiger partial charge in [-0.3, -0.25) is 9.69 Å². The smallest absolute Gasteiger partial charge is 0.237 e. The van der Waals surface area contributed by atoms with Crippen LogP contribution in [0.15, 0.2) is 30.6 Å². The topological polar surface area (TPSA) is 80.3 Å². The number of aromatic nitrogens is 3. The van der Waals surface area contributed by atoms with Crippen molar-refractivity contribution in [1.82, 2.24) is 19.4 Å². The summed E-state index contributed by atoms with van der Waals surface area (Å²) in [5.41, 5.74) is 11.6. The fourth-order valence-corrected chi connectivity index (χ4v) is 7.39. The number of pyridine rings is 1. The number of rotatable bonds is 4. The molecule has 0 radical (unpaired) electrons. The molecule has 2 atom stereocenters. The Labute approximate surface area is 212 Å². The molecule has 0 spiro atoms. The van der Waals surface area contributed by atoms with Gasteiger partial charge in [-0.25, -0.2) is 9.97 Å². The lowest BCUT2D eigenvalue weighted by atomic mass is 9.82. The van der Waals surface area contributed by atoms with Crippen LogP contribution in [0.2, 0.25) is 0 Å². The Morgan fingerprint density at radius 3 is 2.56 bits per heavy atom. The van der Waals surface area contributed by atoms with Crippen molar-refractivity contribution in [2.75, 3.05) is 17.2 Å². The van der Waals surface area contributed by atoms with Crippen molar-refractivity contribution in [1.29, 1.82) is 0 Å². The number of hydrogen-bond donors (Lipinski definition) is 1. The maximum atomic E-state index is 13.7. The molecule has 7 heteroatoms. The van der Waals surface area contributed by atoms with E-state index in [-0.39, 0.29) is 18.0 Å². The van der Waals surface area contributed by atoms with E-state index in [1.165, 1.54) is 25.8 Å². The highest BCUT2D eigenvalue weighted by molar-refractivity contribution is 6.08. The van der Waals surface area contributed by atoms with Gasteiger partial charge in [-0.15, -0.1) is 0 Å². The number of carbonyl (C=O) groups is 1. The van der Waals surface area contributed by atoms with Gasteiger partial charge in [-0.1, -0.05) is 12.1 Å². The first-order chi connectivity index (χ1) is 17.2. The predicted octanol–water partition coefficient (Wildman–Crippen LogP) is 4.90. The molecule has 2 aromatic heterocycles. The molecule has 1 aromatic carbocycles. The number of hydrogen-bond acceptors (Lipinski definition) is 5. The maximum absolute atomic E-state index is 13.7. The quantitative estimate of drug-likeness (QED) is 0.570. The molecular formula is C29H36N6O. The van der Waals surface area contributed by atoms with E-state index < -0.39 is 5.41 Å². The fraction of sp³-hybridized carbons (Fsp3) is 0.552. The minimum absolute atomic E-state index is 0.222.